The lowest BCUT2D eigenvalue weighted by atomic mass is 9.99. The first-order valence-corrected chi connectivity index (χ1v) is 8.15. The number of carbonyl (C=O) groups is 2. The molecule has 0 fully saturated rings. The lowest BCUT2D eigenvalue weighted by Gasteiger charge is -2.20. The molecule has 2 atom stereocenters. The zero-order valence-electron chi connectivity index (χ0n) is 14.2. The highest BCUT2D eigenvalue weighted by Crippen LogP contribution is 2.13. The van der Waals surface area contributed by atoms with E-state index < -0.39 is 12.0 Å². The van der Waals surface area contributed by atoms with Crippen molar-refractivity contribution in [1.29, 1.82) is 0 Å². The number of benzene rings is 1. The predicted molar refractivity (Wildman–Crippen MR) is 89.5 cm³/mol. The van der Waals surface area contributed by atoms with Crippen LogP contribution in [0.25, 0.3) is 0 Å². The molecule has 23 heavy (non-hydrogen) atoms. The lowest BCUT2D eigenvalue weighted by molar-refractivity contribution is -0.143. The number of carbonyl (C=O) groups excluding carboxylic acids is 1. The van der Waals surface area contributed by atoms with Crippen molar-refractivity contribution >= 4 is 11.9 Å². The van der Waals surface area contributed by atoms with Gasteiger partial charge in [-0.2, -0.15) is 0 Å². The Kier molecular flexibility index (Phi) is 8.16. The van der Waals surface area contributed by atoms with E-state index in [2.05, 4.69) is 5.32 Å². The van der Waals surface area contributed by atoms with Crippen LogP contribution in [0.15, 0.2) is 24.3 Å². The molecule has 2 N–H and O–H groups in total. The fourth-order valence-corrected chi connectivity index (χ4v) is 2.21. The van der Waals surface area contributed by atoms with Gasteiger partial charge in [-0.15, -0.1) is 0 Å². The van der Waals surface area contributed by atoms with Gasteiger partial charge in [0.2, 0.25) is 5.91 Å². The maximum absolute atomic E-state index is 11.8. The van der Waals surface area contributed by atoms with Crippen molar-refractivity contribution < 1.29 is 19.4 Å². The number of carboxylic acid groups (broad SMARTS) is 1. The minimum atomic E-state index is -0.976. The van der Waals surface area contributed by atoms with Crippen LogP contribution in [0, 0.1) is 12.8 Å². The van der Waals surface area contributed by atoms with Gasteiger partial charge in [0.15, 0.2) is 0 Å². The van der Waals surface area contributed by atoms with Crippen molar-refractivity contribution in [2.45, 2.75) is 52.5 Å². The minimum Gasteiger partial charge on any atom is -0.494 e. The topological polar surface area (TPSA) is 75.6 Å². The van der Waals surface area contributed by atoms with E-state index in [0.717, 1.165) is 17.7 Å². The number of aryl methyl sites for hydroxylation is 1. The van der Waals surface area contributed by atoms with Crippen molar-refractivity contribution in [3.05, 3.63) is 29.8 Å². The summed E-state index contributed by atoms with van der Waals surface area (Å²) in [7, 11) is 0. The molecule has 0 aliphatic rings. The van der Waals surface area contributed by atoms with E-state index in [4.69, 9.17) is 9.84 Å². The quantitative estimate of drug-likeness (QED) is 0.649. The van der Waals surface area contributed by atoms with E-state index in [9.17, 15) is 9.59 Å². The summed E-state index contributed by atoms with van der Waals surface area (Å²) in [6, 6.07) is 7.02. The Hall–Kier alpha value is -2.04. The van der Waals surface area contributed by atoms with Crippen LogP contribution in [0.3, 0.4) is 0 Å². The molecule has 0 aliphatic heterocycles. The van der Waals surface area contributed by atoms with E-state index in [1.165, 1.54) is 0 Å². The third-order valence-corrected chi connectivity index (χ3v) is 3.85. The monoisotopic (exact) mass is 321 g/mol. The van der Waals surface area contributed by atoms with Crippen LogP contribution in [0.4, 0.5) is 0 Å². The molecule has 0 saturated carbocycles. The average Bonchev–Trinajstić information content (AvgIpc) is 2.51. The number of unbranched alkanes of at least 4 members (excludes halogenated alkanes) is 1. The van der Waals surface area contributed by atoms with Crippen LogP contribution >= 0.6 is 0 Å². The summed E-state index contributed by atoms with van der Waals surface area (Å²) in [5.41, 5.74) is 1.15. The number of carboxylic acids is 1. The molecule has 1 aromatic rings. The van der Waals surface area contributed by atoms with Gasteiger partial charge in [-0.3, -0.25) is 4.79 Å². The van der Waals surface area contributed by atoms with Crippen molar-refractivity contribution in [3.8, 4) is 5.75 Å². The summed E-state index contributed by atoms with van der Waals surface area (Å²) >= 11 is 0. The van der Waals surface area contributed by atoms with E-state index in [1.807, 2.05) is 45.0 Å². The molecule has 1 rings (SSSR count). The Bertz CT molecular complexity index is 515. The fraction of sp³-hybridized carbons (Fsp3) is 0.556. The molecule has 0 radical (unpaired) electrons. The summed E-state index contributed by atoms with van der Waals surface area (Å²) in [6.07, 6.45) is 2.45. The first-order valence-electron chi connectivity index (χ1n) is 8.15. The largest absolute Gasteiger partial charge is 0.494 e. The standard InChI is InChI=1S/C18H27NO4/c1-4-14(3)17(18(21)22)19-16(20)10-5-6-11-23-15-9-7-8-13(2)12-15/h7-9,12,14,17H,4-6,10-11H2,1-3H3,(H,19,20)(H,21,22). The number of aliphatic carboxylic acids is 1. The normalized spacial score (nSPS) is 13.2. The molecule has 0 saturated heterocycles. The Morgan fingerprint density at radius 1 is 1.30 bits per heavy atom. The van der Waals surface area contributed by atoms with Gasteiger partial charge in [0, 0.05) is 6.42 Å². The molecule has 0 spiro atoms. The third kappa shape index (κ3) is 7.17. The molecule has 0 bridgehead atoms. The van der Waals surface area contributed by atoms with E-state index >= 15 is 0 Å². The van der Waals surface area contributed by atoms with Gasteiger partial charge in [0.1, 0.15) is 11.8 Å². The van der Waals surface area contributed by atoms with Crippen molar-refractivity contribution in [2.24, 2.45) is 5.92 Å². The summed E-state index contributed by atoms with van der Waals surface area (Å²) < 4.78 is 5.62. The fourth-order valence-electron chi connectivity index (χ4n) is 2.21. The van der Waals surface area contributed by atoms with Gasteiger partial charge in [-0.05, 0) is 43.4 Å². The van der Waals surface area contributed by atoms with Crippen molar-refractivity contribution in [3.63, 3.8) is 0 Å². The smallest absolute Gasteiger partial charge is 0.326 e. The number of ether oxygens (including phenoxy) is 1. The number of hydrogen-bond acceptors (Lipinski definition) is 3. The maximum Gasteiger partial charge on any atom is 0.326 e. The minimum absolute atomic E-state index is 0.0823. The summed E-state index contributed by atoms with van der Waals surface area (Å²) in [5, 5.41) is 11.8. The van der Waals surface area contributed by atoms with Crippen LogP contribution in [0.5, 0.6) is 5.75 Å². The molecule has 5 heteroatoms. The summed E-state index contributed by atoms with van der Waals surface area (Å²) in [6.45, 7) is 6.29. The zero-order valence-corrected chi connectivity index (χ0v) is 14.2. The van der Waals surface area contributed by atoms with Gasteiger partial charge >= 0.3 is 5.97 Å². The van der Waals surface area contributed by atoms with Gasteiger partial charge < -0.3 is 15.2 Å². The van der Waals surface area contributed by atoms with Gasteiger partial charge in [-0.25, -0.2) is 4.79 Å². The molecule has 2 unspecified atom stereocenters. The second-order valence-corrected chi connectivity index (χ2v) is 5.89. The zero-order chi connectivity index (χ0) is 17.2. The molecular weight excluding hydrogens is 294 g/mol. The SMILES string of the molecule is CCC(C)C(NC(=O)CCCCOc1cccc(C)c1)C(=O)O. The first kappa shape index (κ1) is 19.0. The van der Waals surface area contributed by atoms with Crippen LogP contribution in [0.2, 0.25) is 0 Å². The maximum atomic E-state index is 11.8. The number of rotatable bonds is 10. The van der Waals surface area contributed by atoms with E-state index in [0.29, 0.717) is 25.9 Å². The van der Waals surface area contributed by atoms with Crippen LogP contribution in [-0.2, 0) is 9.59 Å². The molecule has 128 valence electrons. The van der Waals surface area contributed by atoms with Crippen LogP contribution < -0.4 is 10.1 Å². The summed E-state index contributed by atoms with van der Waals surface area (Å²) in [5.74, 6) is -0.443. The second-order valence-electron chi connectivity index (χ2n) is 5.89. The lowest BCUT2D eigenvalue weighted by Crippen LogP contribution is -2.44. The number of nitrogens with one attached hydrogen (secondary N) is 1. The van der Waals surface area contributed by atoms with Crippen molar-refractivity contribution in [1.82, 2.24) is 5.32 Å². The van der Waals surface area contributed by atoms with Gasteiger partial charge in [0.05, 0.1) is 6.61 Å². The number of amides is 1. The highest BCUT2D eigenvalue weighted by atomic mass is 16.5. The third-order valence-electron chi connectivity index (χ3n) is 3.85. The summed E-state index contributed by atoms with van der Waals surface area (Å²) in [4.78, 5) is 23.0. The predicted octanol–water partition coefficient (Wildman–Crippen LogP) is 3.16. The number of hydrogen-bond donors (Lipinski definition) is 2. The molecule has 1 aromatic carbocycles. The Morgan fingerprint density at radius 2 is 2.04 bits per heavy atom. The van der Waals surface area contributed by atoms with Gasteiger partial charge in [-0.1, -0.05) is 32.4 Å². The molecule has 1 amide bonds. The van der Waals surface area contributed by atoms with Crippen LogP contribution in [0.1, 0.15) is 45.1 Å². The molecule has 0 aliphatic carbocycles. The highest BCUT2D eigenvalue weighted by molar-refractivity contribution is 5.83. The molecule has 5 nitrogen and oxygen atoms in total. The first-order chi connectivity index (χ1) is 10.9. The Balaban J connectivity index is 2.24. The van der Waals surface area contributed by atoms with Crippen LogP contribution in [-0.4, -0.2) is 29.6 Å². The van der Waals surface area contributed by atoms with E-state index in [-0.39, 0.29) is 11.8 Å². The van der Waals surface area contributed by atoms with E-state index in [1.54, 1.807) is 0 Å². The Labute approximate surface area is 138 Å². The highest BCUT2D eigenvalue weighted by Gasteiger charge is 2.24. The second kappa shape index (κ2) is 9.87. The Morgan fingerprint density at radius 3 is 2.65 bits per heavy atom. The van der Waals surface area contributed by atoms with Gasteiger partial charge in [0.25, 0.3) is 0 Å². The molecular formula is C18H27NO4. The molecule has 0 aromatic heterocycles. The average molecular weight is 321 g/mol. The molecule has 0 heterocycles. The van der Waals surface area contributed by atoms with Crippen molar-refractivity contribution in [2.75, 3.05) is 6.61 Å².